The number of amides is 1. The number of nitrogens with one attached hydrogen (secondary N) is 2. The Kier molecular flexibility index (Phi) is 6.20. The van der Waals surface area contributed by atoms with Gasteiger partial charge in [-0.05, 0) is 37.8 Å². The average Bonchev–Trinajstić information content (AvgIpc) is 3.28. The number of carbonyl (C=O) groups is 1. The van der Waals surface area contributed by atoms with Crippen molar-refractivity contribution in [1.82, 2.24) is 19.8 Å². The lowest BCUT2D eigenvalue weighted by Gasteiger charge is -2.32. The molecule has 7 nitrogen and oxygen atoms in total. The van der Waals surface area contributed by atoms with Crippen molar-refractivity contribution in [2.75, 3.05) is 19.6 Å². The number of nitrogens with zero attached hydrogens (tertiary/aromatic N) is 2. The third kappa shape index (κ3) is 4.86. The van der Waals surface area contributed by atoms with Crippen LogP contribution in [0.15, 0.2) is 65.7 Å². The normalized spacial score (nSPS) is 16.9. The second-order valence-corrected chi connectivity index (χ2v) is 9.72. The van der Waals surface area contributed by atoms with Crippen molar-refractivity contribution in [2.45, 2.75) is 24.7 Å². The quantitative estimate of drug-likeness (QED) is 0.618. The summed E-state index contributed by atoms with van der Waals surface area (Å²) in [7, 11) is -3.57. The van der Waals surface area contributed by atoms with Crippen LogP contribution in [0.3, 0.4) is 0 Å². The number of hydrogen-bond donors (Lipinski definition) is 2. The molecule has 8 heteroatoms. The van der Waals surface area contributed by atoms with Crippen LogP contribution in [-0.4, -0.2) is 49.1 Å². The average molecular weight is 439 g/mol. The van der Waals surface area contributed by atoms with Crippen molar-refractivity contribution >= 4 is 15.9 Å². The molecule has 2 aromatic carbocycles. The molecule has 2 N–H and O–H groups in total. The van der Waals surface area contributed by atoms with Gasteiger partial charge in [-0.1, -0.05) is 48.0 Å². The number of benzene rings is 2. The number of aryl methyl sites for hydroxylation is 1. The summed E-state index contributed by atoms with van der Waals surface area (Å²) >= 11 is 0. The molecule has 1 aromatic heterocycles. The minimum absolute atomic E-state index is 0.0602. The van der Waals surface area contributed by atoms with Gasteiger partial charge in [0, 0.05) is 25.2 Å². The molecule has 31 heavy (non-hydrogen) atoms. The highest BCUT2D eigenvalue weighted by atomic mass is 32.2. The minimum atomic E-state index is -3.57. The van der Waals surface area contributed by atoms with E-state index < -0.39 is 10.0 Å². The maximum atomic E-state index is 13.2. The van der Waals surface area contributed by atoms with Crippen LogP contribution >= 0.6 is 0 Å². The number of rotatable bonds is 6. The first-order chi connectivity index (χ1) is 14.9. The molecule has 1 aliphatic rings. The number of aromatic nitrogens is 2. The third-order valence-corrected chi connectivity index (χ3v) is 7.07. The van der Waals surface area contributed by atoms with Gasteiger partial charge in [0.05, 0.1) is 22.3 Å². The fourth-order valence-corrected chi connectivity index (χ4v) is 5.00. The van der Waals surface area contributed by atoms with Crippen molar-refractivity contribution in [2.24, 2.45) is 5.92 Å². The van der Waals surface area contributed by atoms with E-state index in [-0.39, 0.29) is 16.7 Å². The summed E-state index contributed by atoms with van der Waals surface area (Å²) in [5.74, 6) is -0.0244. The lowest BCUT2D eigenvalue weighted by atomic mass is 9.97. The van der Waals surface area contributed by atoms with Gasteiger partial charge in [-0.2, -0.15) is 5.10 Å². The molecule has 1 atom stereocenters. The number of aromatic amines is 1. The maximum Gasteiger partial charge on any atom is 0.257 e. The fraction of sp³-hybridized carbons (Fsp3) is 0.304. The highest BCUT2D eigenvalue weighted by molar-refractivity contribution is 7.89. The smallest absolute Gasteiger partial charge is 0.257 e. The standard InChI is InChI=1S/C23H26N4O3S/c1-17-9-11-20(12-10-17)31(29,30)25-14-18-6-5-13-27(16-18)23(28)21-15-24-26-22(21)19-7-3-2-4-8-19/h2-4,7-12,15,18,25H,5-6,13-14,16H2,1H3,(H,24,26). The van der Waals surface area contributed by atoms with Gasteiger partial charge in [0.25, 0.3) is 5.91 Å². The first-order valence-corrected chi connectivity index (χ1v) is 11.9. The Balaban J connectivity index is 1.42. The van der Waals surface area contributed by atoms with Crippen molar-refractivity contribution in [3.63, 3.8) is 0 Å². The molecule has 2 heterocycles. The van der Waals surface area contributed by atoms with Gasteiger partial charge in [-0.15, -0.1) is 0 Å². The topological polar surface area (TPSA) is 95.2 Å². The number of likely N-dealkylation sites (tertiary alicyclic amines) is 1. The molecule has 0 bridgehead atoms. The zero-order valence-electron chi connectivity index (χ0n) is 17.4. The lowest BCUT2D eigenvalue weighted by Crippen LogP contribution is -2.43. The molecule has 1 saturated heterocycles. The first kappa shape index (κ1) is 21.3. The molecule has 1 amide bonds. The van der Waals surface area contributed by atoms with Gasteiger partial charge >= 0.3 is 0 Å². The van der Waals surface area contributed by atoms with E-state index in [4.69, 9.17) is 0 Å². The van der Waals surface area contributed by atoms with Crippen molar-refractivity contribution < 1.29 is 13.2 Å². The van der Waals surface area contributed by atoms with Gasteiger partial charge in [-0.25, -0.2) is 13.1 Å². The van der Waals surface area contributed by atoms with Gasteiger partial charge in [0.2, 0.25) is 10.0 Å². The van der Waals surface area contributed by atoms with Crippen molar-refractivity contribution in [3.8, 4) is 11.3 Å². The highest BCUT2D eigenvalue weighted by Crippen LogP contribution is 2.25. The van der Waals surface area contributed by atoms with E-state index >= 15 is 0 Å². The molecule has 1 aliphatic heterocycles. The largest absolute Gasteiger partial charge is 0.338 e. The van der Waals surface area contributed by atoms with E-state index in [9.17, 15) is 13.2 Å². The van der Waals surface area contributed by atoms with Crippen LogP contribution in [0, 0.1) is 12.8 Å². The molecule has 0 aliphatic carbocycles. The molecular weight excluding hydrogens is 412 g/mol. The summed E-state index contributed by atoms with van der Waals surface area (Å²) in [6.45, 7) is 3.38. The lowest BCUT2D eigenvalue weighted by molar-refractivity contribution is 0.0677. The van der Waals surface area contributed by atoms with E-state index in [0.29, 0.717) is 30.9 Å². The molecule has 0 radical (unpaired) electrons. The van der Waals surface area contributed by atoms with Crippen LogP contribution in [0.1, 0.15) is 28.8 Å². The zero-order valence-corrected chi connectivity index (χ0v) is 18.2. The summed E-state index contributed by atoms with van der Waals surface area (Å²) in [5.41, 5.74) is 3.15. The van der Waals surface area contributed by atoms with Gasteiger partial charge in [-0.3, -0.25) is 9.89 Å². The van der Waals surface area contributed by atoms with Crippen molar-refractivity contribution in [1.29, 1.82) is 0 Å². The van der Waals surface area contributed by atoms with Gasteiger partial charge in [0.15, 0.2) is 0 Å². The Hall–Kier alpha value is -2.97. The minimum Gasteiger partial charge on any atom is -0.338 e. The highest BCUT2D eigenvalue weighted by Gasteiger charge is 2.28. The van der Waals surface area contributed by atoms with E-state index in [2.05, 4.69) is 14.9 Å². The number of hydrogen-bond acceptors (Lipinski definition) is 4. The van der Waals surface area contributed by atoms with Crippen LogP contribution in [0.2, 0.25) is 0 Å². The predicted octanol–water partition coefficient (Wildman–Crippen LogP) is 3.22. The SMILES string of the molecule is Cc1ccc(S(=O)(=O)NCC2CCCN(C(=O)c3cn[nH]c3-c3ccccc3)C2)cc1. The Morgan fingerprint density at radius 3 is 2.65 bits per heavy atom. The molecule has 0 saturated carbocycles. The number of carbonyl (C=O) groups excluding carboxylic acids is 1. The maximum absolute atomic E-state index is 13.2. The van der Waals surface area contributed by atoms with Gasteiger partial charge < -0.3 is 4.90 Å². The van der Waals surface area contributed by atoms with E-state index in [1.54, 1.807) is 35.4 Å². The molecule has 1 unspecified atom stereocenters. The summed E-state index contributed by atoms with van der Waals surface area (Å²) in [6.07, 6.45) is 3.27. The molecule has 4 rings (SSSR count). The van der Waals surface area contributed by atoms with Crippen LogP contribution in [0.25, 0.3) is 11.3 Å². The second-order valence-electron chi connectivity index (χ2n) is 7.95. The second kappa shape index (κ2) is 9.03. The Labute approximate surface area is 182 Å². The molecule has 162 valence electrons. The Morgan fingerprint density at radius 2 is 1.90 bits per heavy atom. The van der Waals surface area contributed by atoms with Crippen molar-refractivity contribution in [3.05, 3.63) is 71.9 Å². The Morgan fingerprint density at radius 1 is 1.16 bits per heavy atom. The monoisotopic (exact) mass is 438 g/mol. The van der Waals surface area contributed by atoms with Crippen LogP contribution in [0.5, 0.6) is 0 Å². The first-order valence-electron chi connectivity index (χ1n) is 10.4. The fourth-order valence-electron chi connectivity index (χ4n) is 3.89. The number of piperidine rings is 1. The van der Waals surface area contributed by atoms with Crippen LogP contribution in [0.4, 0.5) is 0 Å². The third-order valence-electron chi connectivity index (χ3n) is 5.63. The Bertz CT molecular complexity index is 1140. The summed E-state index contributed by atoms with van der Waals surface area (Å²) in [4.78, 5) is 15.2. The zero-order chi connectivity index (χ0) is 21.8. The van der Waals surface area contributed by atoms with Gasteiger partial charge in [0.1, 0.15) is 0 Å². The molecule has 1 fully saturated rings. The van der Waals surface area contributed by atoms with E-state index in [1.165, 1.54) is 0 Å². The molecular formula is C23H26N4O3S. The molecule has 3 aromatic rings. The molecule has 0 spiro atoms. The van der Waals surface area contributed by atoms with E-state index in [0.717, 1.165) is 24.0 Å². The summed E-state index contributed by atoms with van der Waals surface area (Å²) < 4.78 is 27.9. The predicted molar refractivity (Wildman–Crippen MR) is 119 cm³/mol. The van der Waals surface area contributed by atoms with Crippen LogP contribution < -0.4 is 4.72 Å². The van der Waals surface area contributed by atoms with Crippen LogP contribution in [-0.2, 0) is 10.0 Å². The summed E-state index contributed by atoms with van der Waals surface area (Å²) in [5, 5.41) is 7.01. The van der Waals surface area contributed by atoms with E-state index in [1.807, 2.05) is 37.3 Å². The number of sulfonamides is 1. The summed E-state index contributed by atoms with van der Waals surface area (Å²) in [6, 6.07) is 16.4. The number of H-pyrrole nitrogens is 1.